The number of hydrogen-bond acceptors (Lipinski definition) is 4. The Morgan fingerprint density at radius 2 is 2.05 bits per heavy atom. The first-order chi connectivity index (χ1) is 9.00. The molecule has 0 fully saturated rings. The molecule has 0 radical (unpaired) electrons. The Labute approximate surface area is 118 Å². The van der Waals surface area contributed by atoms with Crippen LogP contribution in [0.3, 0.4) is 0 Å². The molecule has 2 rings (SSSR count). The number of carbonyl (C=O) groups excluding carboxylic acids is 2. The summed E-state index contributed by atoms with van der Waals surface area (Å²) in [5.41, 5.74) is 6.30. The molecule has 2 aromatic rings. The Kier molecular flexibility index (Phi) is 3.82. The molecule has 0 atom stereocenters. The SMILES string of the molecule is Cc1nsc(NC(=O)c2ccccc2Cl)c1C(N)=O. The summed E-state index contributed by atoms with van der Waals surface area (Å²) in [5, 5.41) is 3.27. The Hall–Kier alpha value is -1.92. The van der Waals surface area contributed by atoms with Crippen LogP contribution in [0.5, 0.6) is 0 Å². The lowest BCUT2D eigenvalue weighted by molar-refractivity contribution is 0.100. The number of anilines is 1. The third-order valence-electron chi connectivity index (χ3n) is 2.45. The molecule has 2 amide bonds. The van der Waals surface area contributed by atoms with Crippen molar-refractivity contribution in [2.75, 3.05) is 5.32 Å². The maximum absolute atomic E-state index is 12.1. The van der Waals surface area contributed by atoms with Crippen molar-refractivity contribution >= 4 is 39.9 Å². The van der Waals surface area contributed by atoms with E-state index in [4.69, 9.17) is 17.3 Å². The molecule has 1 aromatic heterocycles. The van der Waals surface area contributed by atoms with Crippen molar-refractivity contribution in [3.63, 3.8) is 0 Å². The summed E-state index contributed by atoms with van der Waals surface area (Å²) in [7, 11) is 0. The number of amides is 2. The zero-order valence-corrected chi connectivity index (χ0v) is 11.5. The van der Waals surface area contributed by atoms with E-state index >= 15 is 0 Å². The van der Waals surface area contributed by atoms with Crippen molar-refractivity contribution in [2.45, 2.75) is 6.92 Å². The summed E-state index contributed by atoms with van der Waals surface area (Å²) in [4.78, 5) is 23.4. The summed E-state index contributed by atoms with van der Waals surface area (Å²) >= 11 is 6.94. The summed E-state index contributed by atoms with van der Waals surface area (Å²) in [6, 6.07) is 6.64. The monoisotopic (exact) mass is 295 g/mol. The van der Waals surface area contributed by atoms with Crippen molar-refractivity contribution in [2.24, 2.45) is 5.73 Å². The highest BCUT2D eigenvalue weighted by Crippen LogP contribution is 2.25. The summed E-state index contributed by atoms with van der Waals surface area (Å²) in [6.07, 6.45) is 0. The van der Waals surface area contributed by atoms with Gasteiger partial charge in [-0.2, -0.15) is 4.37 Å². The van der Waals surface area contributed by atoms with Crippen molar-refractivity contribution in [1.82, 2.24) is 4.37 Å². The smallest absolute Gasteiger partial charge is 0.257 e. The zero-order valence-electron chi connectivity index (χ0n) is 9.94. The number of nitrogens with one attached hydrogen (secondary N) is 1. The number of rotatable bonds is 3. The second kappa shape index (κ2) is 5.38. The topological polar surface area (TPSA) is 85.1 Å². The molecular weight excluding hydrogens is 286 g/mol. The quantitative estimate of drug-likeness (QED) is 0.912. The average molecular weight is 296 g/mol. The lowest BCUT2D eigenvalue weighted by Crippen LogP contribution is -2.17. The molecule has 0 aliphatic carbocycles. The third kappa shape index (κ3) is 2.74. The fraction of sp³-hybridized carbons (Fsp3) is 0.0833. The highest BCUT2D eigenvalue weighted by Gasteiger charge is 2.19. The van der Waals surface area contributed by atoms with Gasteiger partial charge in [0.05, 0.1) is 21.8 Å². The molecule has 0 saturated heterocycles. The second-order valence-electron chi connectivity index (χ2n) is 3.77. The van der Waals surface area contributed by atoms with Crippen LogP contribution in [0.25, 0.3) is 0 Å². The van der Waals surface area contributed by atoms with Crippen molar-refractivity contribution in [3.05, 3.63) is 46.1 Å². The molecule has 0 bridgehead atoms. The van der Waals surface area contributed by atoms with E-state index in [-0.39, 0.29) is 5.56 Å². The molecule has 98 valence electrons. The molecule has 0 saturated carbocycles. The van der Waals surface area contributed by atoms with Crippen molar-refractivity contribution in [3.8, 4) is 0 Å². The molecular formula is C12H10ClN3O2S. The van der Waals surface area contributed by atoms with Gasteiger partial charge in [-0.05, 0) is 30.6 Å². The van der Waals surface area contributed by atoms with E-state index in [1.165, 1.54) is 0 Å². The normalized spacial score (nSPS) is 10.2. The lowest BCUT2D eigenvalue weighted by atomic mass is 10.2. The second-order valence-corrected chi connectivity index (χ2v) is 4.95. The molecule has 5 nitrogen and oxygen atoms in total. The van der Waals surface area contributed by atoms with E-state index in [2.05, 4.69) is 9.69 Å². The van der Waals surface area contributed by atoms with Crippen LogP contribution < -0.4 is 11.1 Å². The Morgan fingerprint density at radius 1 is 1.37 bits per heavy atom. The maximum atomic E-state index is 12.1. The van der Waals surface area contributed by atoms with Gasteiger partial charge < -0.3 is 11.1 Å². The number of aryl methyl sites for hydroxylation is 1. The fourth-order valence-corrected chi connectivity index (χ4v) is 2.58. The number of halogens is 1. The van der Waals surface area contributed by atoms with E-state index < -0.39 is 11.8 Å². The van der Waals surface area contributed by atoms with Gasteiger partial charge in [0.2, 0.25) is 0 Å². The number of hydrogen-bond donors (Lipinski definition) is 2. The molecule has 0 unspecified atom stereocenters. The highest BCUT2D eigenvalue weighted by molar-refractivity contribution is 7.11. The summed E-state index contributed by atoms with van der Waals surface area (Å²) < 4.78 is 4.00. The van der Waals surface area contributed by atoms with E-state index in [0.717, 1.165) is 11.5 Å². The van der Waals surface area contributed by atoms with Gasteiger partial charge in [0.15, 0.2) is 0 Å². The van der Waals surface area contributed by atoms with E-state index in [1.54, 1.807) is 31.2 Å². The van der Waals surface area contributed by atoms with Gasteiger partial charge in [0.1, 0.15) is 5.00 Å². The van der Waals surface area contributed by atoms with Crippen LogP contribution in [0, 0.1) is 6.92 Å². The van der Waals surface area contributed by atoms with Gasteiger partial charge in [0, 0.05) is 0 Å². The number of primary amides is 1. The van der Waals surface area contributed by atoms with E-state index in [0.29, 0.717) is 21.3 Å². The van der Waals surface area contributed by atoms with Gasteiger partial charge in [-0.3, -0.25) is 9.59 Å². The van der Waals surface area contributed by atoms with Crippen molar-refractivity contribution in [1.29, 1.82) is 0 Å². The first-order valence-electron chi connectivity index (χ1n) is 5.32. The maximum Gasteiger partial charge on any atom is 0.257 e. The first kappa shape index (κ1) is 13.5. The number of benzene rings is 1. The van der Waals surface area contributed by atoms with Gasteiger partial charge >= 0.3 is 0 Å². The first-order valence-corrected chi connectivity index (χ1v) is 6.47. The number of carbonyl (C=O) groups is 2. The van der Waals surface area contributed by atoms with E-state index in [9.17, 15) is 9.59 Å². The van der Waals surface area contributed by atoms with Crippen LogP contribution in [0.2, 0.25) is 5.02 Å². The Bertz CT molecular complexity index is 654. The molecule has 0 aliphatic heterocycles. The number of aromatic nitrogens is 1. The predicted octanol–water partition coefficient (Wildman–Crippen LogP) is 2.46. The Morgan fingerprint density at radius 3 is 2.68 bits per heavy atom. The molecule has 7 heteroatoms. The standard InChI is InChI=1S/C12H10ClN3O2S/c1-6-9(10(14)17)12(19-16-6)15-11(18)7-4-2-3-5-8(7)13/h2-5H,1H3,(H2,14,17)(H,15,18). The number of nitrogens with two attached hydrogens (primary N) is 1. The van der Waals surface area contributed by atoms with Crippen molar-refractivity contribution < 1.29 is 9.59 Å². The molecule has 3 N–H and O–H groups in total. The predicted molar refractivity (Wildman–Crippen MR) is 74.8 cm³/mol. The summed E-state index contributed by atoms with van der Waals surface area (Å²) in [5.74, 6) is -1.03. The van der Waals surface area contributed by atoms with Gasteiger partial charge in [-0.25, -0.2) is 0 Å². The van der Waals surface area contributed by atoms with Crippen LogP contribution in [0.15, 0.2) is 24.3 Å². The minimum atomic E-state index is -0.624. The molecule has 0 spiro atoms. The molecule has 0 aliphatic rings. The molecule has 1 aromatic carbocycles. The fourth-order valence-electron chi connectivity index (χ4n) is 1.56. The number of nitrogens with zero attached hydrogens (tertiary/aromatic N) is 1. The van der Waals surface area contributed by atoms with Crippen LogP contribution in [0.1, 0.15) is 26.4 Å². The Balaban J connectivity index is 2.30. The largest absolute Gasteiger partial charge is 0.365 e. The third-order valence-corrected chi connectivity index (χ3v) is 3.64. The van der Waals surface area contributed by atoms with Gasteiger partial charge in [-0.1, -0.05) is 23.7 Å². The van der Waals surface area contributed by atoms with Gasteiger partial charge in [-0.15, -0.1) is 0 Å². The van der Waals surface area contributed by atoms with Crippen LogP contribution in [-0.2, 0) is 0 Å². The zero-order chi connectivity index (χ0) is 14.0. The van der Waals surface area contributed by atoms with E-state index in [1.807, 2.05) is 0 Å². The minimum absolute atomic E-state index is 0.227. The average Bonchev–Trinajstić information content (AvgIpc) is 2.70. The molecule has 19 heavy (non-hydrogen) atoms. The lowest BCUT2D eigenvalue weighted by Gasteiger charge is -2.05. The minimum Gasteiger partial charge on any atom is -0.365 e. The highest BCUT2D eigenvalue weighted by atomic mass is 35.5. The molecule has 1 heterocycles. The van der Waals surface area contributed by atoms with Crippen LogP contribution in [-0.4, -0.2) is 16.2 Å². The van der Waals surface area contributed by atoms with Crippen LogP contribution >= 0.6 is 23.1 Å². The van der Waals surface area contributed by atoms with Crippen LogP contribution in [0.4, 0.5) is 5.00 Å². The van der Waals surface area contributed by atoms with Gasteiger partial charge in [0.25, 0.3) is 11.8 Å². The summed E-state index contributed by atoms with van der Waals surface area (Å²) in [6.45, 7) is 1.65.